The second kappa shape index (κ2) is 7.34. The summed E-state index contributed by atoms with van der Waals surface area (Å²) >= 11 is 12.1. The number of nitrogens with one attached hydrogen (secondary N) is 1. The molecule has 6 heteroatoms. The number of anilines is 2. The molecule has 21 heavy (non-hydrogen) atoms. The van der Waals surface area contributed by atoms with E-state index < -0.39 is 0 Å². The van der Waals surface area contributed by atoms with Crippen molar-refractivity contribution in [2.75, 3.05) is 30.7 Å². The Morgan fingerprint density at radius 2 is 2.00 bits per heavy atom. The van der Waals surface area contributed by atoms with Gasteiger partial charge >= 0.3 is 0 Å². The third-order valence-corrected chi connectivity index (χ3v) is 4.48. The van der Waals surface area contributed by atoms with Crippen LogP contribution >= 0.6 is 23.2 Å². The second-order valence-corrected chi connectivity index (χ2v) is 6.35. The summed E-state index contributed by atoms with van der Waals surface area (Å²) in [5.74, 6) is 0.631. The minimum atomic E-state index is -0.107. The third kappa shape index (κ3) is 4.50. The molecule has 4 nitrogen and oxygen atoms in total. The number of benzene rings is 1. The molecule has 0 heterocycles. The molecule has 2 rings (SSSR count). The molecule has 0 aliphatic heterocycles. The van der Waals surface area contributed by atoms with Gasteiger partial charge in [-0.15, -0.1) is 0 Å². The number of nitrogens with zero attached hydrogens (tertiary/aromatic N) is 1. The lowest BCUT2D eigenvalue weighted by molar-refractivity contribution is -0.117. The Balaban J connectivity index is 1.94. The molecule has 0 bridgehead atoms. The number of likely N-dealkylation sites (N-methyl/N-ethyl adjacent to an activating group) is 1. The van der Waals surface area contributed by atoms with Crippen molar-refractivity contribution in [3.63, 3.8) is 0 Å². The van der Waals surface area contributed by atoms with Gasteiger partial charge in [-0.25, -0.2) is 0 Å². The van der Waals surface area contributed by atoms with Gasteiger partial charge in [-0.05, 0) is 37.4 Å². The van der Waals surface area contributed by atoms with Crippen LogP contribution < -0.4 is 11.1 Å². The molecular weight excluding hydrogens is 309 g/mol. The Morgan fingerprint density at radius 1 is 1.38 bits per heavy atom. The zero-order valence-electron chi connectivity index (χ0n) is 12.2. The van der Waals surface area contributed by atoms with Crippen LogP contribution in [0, 0.1) is 5.92 Å². The Bertz CT molecular complexity index is 495. The third-order valence-electron chi connectivity index (χ3n) is 3.88. The fourth-order valence-corrected chi connectivity index (χ4v) is 3.04. The molecular formula is C15H21Cl2N3O. The topological polar surface area (TPSA) is 58.4 Å². The van der Waals surface area contributed by atoms with Gasteiger partial charge in [0.2, 0.25) is 5.91 Å². The first-order valence-corrected chi connectivity index (χ1v) is 8.02. The van der Waals surface area contributed by atoms with Crippen LogP contribution in [0.4, 0.5) is 11.4 Å². The van der Waals surface area contributed by atoms with E-state index in [4.69, 9.17) is 28.9 Å². The van der Waals surface area contributed by atoms with E-state index in [2.05, 4.69) is 17.1 Å². The number of nitrogens with two attached hydrogens (primary N) is 1. The van der Waals surface area contributed by atoms with Crippen LogP contribution in [0.15, 0.2) is 12.1 Å². The van der Waals surface area contributed by atoms with Gasteiger partial charge < -0.3 is 11.1 Å². The lowest BCUT2D eigenvalue weighted by atomic mass is 9.85. The van der Waals surface area contributed by atoms with E-state index in [1.54, 1.807) is 12.1 Å². The minimum absolute atomic E-state index is 0.107. The number of carbonyl (C=O) groups is 1. The molecule has 3 N–H and O–H groups in total. The molecule has 0 spiro atoms. The Hall–Kier alpha value is -0.970. The van der Waals surface area contributed by atoms with Crippen molar-refractivity contribution < 1.29 is 4.79 Å². The molecule has 0 radical (unpaired) electrons. The number of amides is 1. The Kier molecular flexibility index (Phi) is 5.73. The summed E-state index contributed by atoms with van der Waals surface area (Å²) in [7, 11) is 0. The fraction of sp³-hybridized carbons (Fsp3) is 0.533. The van der Waals surface area contributed by atoms with E-state index >= 15 is 0 Å². The lowest BCUT2D eigenvalue weighted by Crippen LogP contribution is -2.38. The number of rotatable bonds is 6. The van der Waals surface area contributed by atoms with Crippen LogP contribution in [-0.2, 0) is 4.79 Å². The Morgan fingerprint density at radius 3 is 2.48 bits per heavy atom. The molecule has 1 aromatic carbocycles. The zero-order valence-corrected chi connectivity index (χ0v) is 13.7. The highest BCUT2D eigenvalue weighted by molar-refractivity contribution is 6.40. The molecule has 0 atom stereocenters. The van der Waals surface area contributed by atoms with Gasteiger partial charge in [0.15, 0.2) is 0 Å². The number of hydrogen-bond donors (Lipinski definition) is 2. The van der Waals surface area contributed by atoms with Crippen LogP contribution in [0.2, 0.25) is 10.0 Å². The van der Waals surface area contributed by atoms with Crippen LogP contribution in [0.5, 0.6) is 0 Å². The summed E-state index contributed by atoms with van der Waals surface area (Å²) < 4.78 is 0. The van der Waals surface area contributed by atoms with Gasteiger partial charge in [-0.3, -0.25) is 9.69 Å². The van der Waals surface area contributed by atoms with Crippen molar-refractivity contribution >= 4 is 40.5 Å². The molecule has 1 aliphatic rings. The van der Waals surface area contributed by atoms with Crippen molar-refractivity contribution in [2.24, 2.45) is 5.92 Å². The highest BCUT2D eigenvalue weighted by Gasteiger charge is 2.21. The summed E-state index contributed by atoms with van der Waals surface area (Å²) in [6, 6.07) is 3.16. The van der Waals surface area contributed by atoms with E-state index in [0.29, 0.717) is 28.0 Å². The van der Waals surface area contributed by atoms with Gasteiger partial charge in [0.05, 0.1) is 22.3 Å². The van der Waals surface area contributed by atoms with E-state index in [-0.39, 0.29) is 5.91 Å². The van der Waals surface area contributed by atoms with Crippen molar-refractivity contribution in [1.82, 2.24) is 4.90 Å². The fourth-order valence-electron chi connectivity index (χ4n) is 2.44. The van der Waals surface area contributed by atoms with Crippen molar-refractivity contribution in [3.05, 3.63) is 22.2 Å². The van der Waals surface area contributed by atoms with Gasteiger partial charge in [0.1, 0.15) is 0 Å². The van der Waals surface area contributed by atoms with E-state index in [0.717, 1.165) is 19.0 Å². The lowest BCUT2D eigenvalue weighted by Gasteiger charge is -2.31. The monoisotopic (exact) mass is 329 g/mol. The van der Waals surface area contributed by atoms with Crippen LogP contribution in [-0.4, -0.2) is 30.4 Å². The van der Waals surface area contributed by atoms with Gasteiger partial charge in [0.25, 0.3) is 0 Å². The maximum Gasteiger partial charge on any atom is 0.238 e. The summed E-state index contributed by atoms with van der Waals surface area (Å²) in [5, 5.41) is 3.49. The van der Waals surface area contributed by atoms with E-state index in [1.165, 1.54) is 19.3 Å². The number of halogens is 2. The molecule has 1 fully saturated rings. The first-order valence-electron chi connectivity index (χ1n) is 7.26. The summed E-state index contributed by atoms with van der Waals surface area (Å²) in [4.78, 5) is 14.3. The SMILES string of the molecule is CCN(CC(=O)Nc1c(Cl)cc(N)cc1Cl)CC1CCC1. The maximum absolute atomic E-state index is 12.2. The van der Waals surface area contributed by atoms with Crippen LogP contribution in [0.25, 0.3) is 0 Å². The number of hydrogen-bond acceptors (Lipinski definition) is 3. The molecule has 0 unspecified atom stereocenters. The number of nitrogen functional groups attached to an aromatic ring is 1. The predicted molar refractivity (Wildman–Crippen MR) is 89.0 cm³/mol. The van der Waals surface area contributed by atoms with Crippen molar-refractivity contribution in [3.8, 4) is 0 Å². The summed E-state index contributed by atoms with van der Waals surface area (Å²) in [6.07, 6.45) is 3.85. The highest BCUT2D eigenvalue weighted by Crippen LogP contribution is 2.33. The smallest absolute Gasteiger partial charge is 0.238 e. The quantitative estimate of drug-likeness (QED) is 0.783. The van der Waals surface area contributed by atoms with Gasteiger partial charge in [-0.2, -0.15) is 0 Å². The average molecular weight is 330 g/mol. The largest absolute Gasteiger partial charge is 0.399 e. The molecule has 1 saturated carbocycles. The normalized spacial score (nSPS) is 15.0. The Labute approximate surface area is 135 Å². The minimum Gasteiger partial charge on any atom is -0.399 e. The molecule has 1 aromatic rings. The van der Waals surface area contributed by atoms with E-state index in [9.17, 15) is 4.79 Å². The van der Waals surface area contributed by atoms with Crippen LogP contribution in [0.1, 0.15) is 26.2 Å². The molecule has 1 amide bonds. The highest BCUT2D eigenvalue weighted by atomic mass is 35.5. The van der Waals surface area contributed by atoms with Crippen LogP contribution in [0.3, 0.4) is 0 Å². The maximum atomic E-state index is 12.2. The standard InChI is InChI=1S/C15H21Cl2N3O/c1-2-20(8-10-4-3-5-10)9-14(21)19-15-12(16)6-11(18)7-13(15)17/h6-7,10H,2-5,8-9,18H2,1H3,(H,19,21). The molecule has 0 aromatic heterocycles. The zero-order chi connectivity index (χ0) is 15.4. The number of carbonyl (C=O) groups excluding carboxylic acids is 1. The van der Waals surface area contributed by atoms with Gasteiger partial charge in [0, 0.05) is 12.2 Å². The molecule has 1 aliphatic carbocycles. The summed E-state index contributed by atoms with van der Waals surface area (Å²) in [6.45, 7) is 4.25. The first-order chi connectivity index (χ1) is 9.99. The van der Waals surface area contributed by atoms with Crippen molar-refractivity contribution in [1.29, 1.82) is 0 Å². The van der Waals surface area contributed by atoms with Crippen molar-refractivity contribution in [2.45, 2.75) is 26.2 Å². The van der Waals surface area contributed by atoms with Gasteiger partial charge in [-0.1, -0.05) is 36.5 Å². The van der Waals surface area contributed by atoms with E-state index in [1.807, 2.05) is 0 Å². The predicted octanol–water partition coefficient (Wildman–Crippen LogP) is 3.64. The molecule has 116 valence electrons. The first kappa shape index (κ1) is 16.4. The molecule has 0 saturated heterocycles. The average Bonchev–Trinajstić information content (AvgIpc) is 2.36. The summed E-state index contributed by atoms with van der Waals surface area (Å²) in [5.41, 5.74) is 6.55. The second-order valence-electron chi connectivity index (χ2n) is 5.53.